The lowest BCUT2D eigenvalue weighted by Gasteiger charge is -2.12. The van der Waals surface area contributed by atoms with Gasteiger partial charge in [0.05, 0.1) is 19.8 Å². The highest BCUT2D eigenvalue weighted by atomic mass is 16.5. The van der Waals surface area contributed by atoms with Crippen molar-refractivity contribution < 1.29 is 14.6 Å². The normalized spacial score (nSPS) is 12.3. The third kappa shape index (κ3) is 2.40. The summed E-state index contributed by atoms with van der Waals surface area (Å²) in [5.74, 6) is 0.519. The van der Waals surface area contributed by atoms with Gasteiger partial charge in [0.1, 0.15) is 5.75 Å². The molecule has 88 valence electrons. The van der Waals surface area contributed by atoms with Crippen LogP contribution in [0.3, 0.4) is 0 Å². The van der Waals surface area contributed by atoms with Gasteiger partial charge in [-0.1, -0.05) is 0 Å². The molecule has 0 amide bonds. The van der Waals surface area contributed by atoms with Gasteiger partial charge in [0.15, 0.2) is 5.78 Å². The second-order valence-corrected chi connectivity index (χ2v) is 3.80. The van der Waals surface area contributed by atoms with Crippen molar-refractivity contribution in [1.29, 1.82) is 0 Å². The van der Waals surface area contributed by atoms with E-state index in [-0.39, 0.29) is 12.4 Å². The average Bonchev–Trinajstić information content (AvgIpc) is 2.26. The molecule has 16 heavy (non-hydrogen) atoms. The van der Waals surface area contributed by atoms with Crippen LogP contribution >= 0.6 is 0 Å². The molecule has 1 aromatic carbocycles. The molecule has 0 aliphatic heterocycles. The molecule has 1 unspecified atom stereocenters. The highest BCUT2D eigenvalue weighted by Gasteiger charge is 2.16. The molecule has 0 spiro atoms. The van der Waals surface area contributed by atoms with Crippen LogP contribution in [0.5, 0.6) is 5.75 Å². The minimum absolute atomic E-state index is 0.253. The molecule has 4 heteroatoms. The molecule has 1 aromatic rings. The molecule has 1 rings (SSSR count). The molecule has 0 aromatic heterocycles. The van der Waals surface area contributed by atoms with Crippen LogP contribution in [-0.4, -0.2) is 30.6 Å². The van der Waals surface area contributed by atoms with Crippen LogP contribution in [0.2, 0.25) is 0 Å². The minimum atomic E-state index is -0.854. The number of aliphatic hydroxyl groups excluding tert-OH is 1. The van der Waals surface area contributed by atoms with Crippen LogP contribution in [0.1, 0.15) is 21.5 Å². The number of rotatable bonds is 4. The first kappa shape index (κ1) is 12.7. The smallest absolute Gasteiger partial charge is 0.181 e. The summed E-state index contributed by atoms with van der Waals surface area (Å²) in [5, 5.41) is 8.84. The molecule has 0 aliphatic carbocycles. The summed E-state index contributed by atoms with van der Waals surface area (Å²) in [6.45, 7) is 3.39. The molecule has 4 nitrogen and oxygen atoms in total. The fraction of sp³-hybridized carbons (Fsp3) is 0.417. The van der Waals surface area contributed by atoms with Crippen molar-refractivity contribution in [2.24, 2.45) is 5.73 Å². The first-order chi connectivity index (χ1) is 7.51. The lowest BCUT2D eigenvalue weighted by Crippen LogP contribution is -2.34. The number of methoxy groups -OCH3 is 1. The van der Waals surface area contributed by atoms with Crippen molar-refractivity contribution in [2.45, 2.75) is 19.9 Å². The highest BCUT2D eigenvalue weighted by Crippen LogP contribution is 2.24. The van der Waals surface area contributed by atoms with E-state index in [1.54, 1.807) is 19.2 Å². The highest BCUT2D eigenvalue weighted by molar-refractivity contribution is 6.00. The van der Waals surface area contributed by atoms with Crippen LogP contribution in [-0.2, 0) is 0 Å². The Morgan fingerprint density at radius 2 is 1.94 bits per heavy atom. The number of benzene rings is 1. The van der Waals surface area contributed by atoms with Gasteiger partial charge in [-0.15, -0.1) is 0 Å². The summed E-state index contributed by atoms with van der Waals surface area (Å²) >= 11 is 0. The summed E-state index contributed by atoms with van der Waals surface area (Å²) < 4.78 is 5.21. The van der Waals surface area contributed by atoms with Gasteiger partial charge in [-0.3, -0.25) is 4.79 Å². The maximum Gasteiger partial charge on any atom is 0.181 e. The molecule has 0 radical (unpaired) electrons. The fourth-order valence-electron chi connectivity index (χ4n) is 1.71. The Morgan fingerprint density at radius 3 is 2.31 bits per heavy atom. The zero-order valence-electron chi connectivity index (χ0n) is 9.78. The Bertz CT molecular complexity index is 378. The molecule has 0 saturated heterocycles. The predicted molar refractivity (Wildman–Crippen MR) is 61.9 cm³/mol. The summed E-state index contributed by atoms with van der Waals surface area (Å²) in [4.78, 5) is 11.8. The lowest BCUT2D eigenvalue weighted by molar-refractivity contribution is 0.0925. The van der Waals surface area contributed by atoms with Gasteiger partial charge in [0.25, 0.3) is 0 Å². The number of aryl methyl sites for hydroxylation is 2. The summed E-state index contributed by atoms with van der Waals surface area (Å²) in [5.41, 5.74) is 7.77. The molecule has 0 bridgehead atoms. The molecule has 0 heterocycles. The van der Waals surface area contributed by atoms with E-state index in [1.165, 1.54) is 0 Å². The van der Waals surface area contributed by atoms with Crippen LogP contribution in [0, 0.1) is 13.8 Å². The van der Waals surface area contributed by atoms with Crippen LogP contribution in [0.15, 0.2) is 12.1 Å². The van der Waals surface area contributed by atoms with Crippen LogP contribution < -0.4 is 10.5 Å². The van der Waals surface area contributed by atoms with E-state index in [4.69, 9.17) is 15.6 Å². The van der Waals surface area contributed by atoms with Gasteiger partial charge >= 0.3 is 0 Å². The van der Waals surface area contributed by atoms with Gasteiger partial charge in [0, 0.05) is 5.56 Å². The van der Waals surface area contributed by atoms with E-state index >= 15 is 0 Å². The monoisotopic (exact) mass is 223 g/mol. The summed E-state index contributed by atoms with van der Waals surface area (Å²) in [6.07, 6.45) is 0. The number of nitrogens with two attached hydrogens (primary N) is 1. The van der Waals surface area contributed by atoms with Gasteiger partial charge in [0.2, 0.25) is 0 Å². The van der Waals surface area contributed by atoms with Crippen molar-refractivity contribution >= 4 is 5.78 Å². The largest absolute Gasteiger partial charge is 0.496 e. The zero-order valence-corrected chi connectivity index (χ0v) is 9.78. The van der Waals surface area contributed by atoms with Crippen molar-refractivity contribution in [3.63, 3.8) is 0 Å². The predicted octanol–water partition coefficient (Wildman–Crippen LogP) is 0.814. The number of carbonyl (C=O) groups excluding carboxylic acids is 1. The quantitative estimate of drug-likeness (QED) is 0.741. The number of hydrogen-bond acceptors (Lipinski definition) is 4. The Morgan fingerprint density at radius 1 is 1.44 bits per heavy atom. The third-order valence-corrected chi connectivity index (χ3v) is 2.48. The summed E-state index contributed by atoms with van der Waals surface area (Å²) in [7, 11) is 1.59. The van der Waals surface area contributed by atoms with E-state index in [9.17, 15) is 4.79 Å². The van der Waals surface area contributed by atoms with Crippen molar-refractivity contribution in [1.82, 2.24) is 0 Å². The Labute approximate surface area is 95.0 Å². The summed E-state index contributed by atoms with van der Waals surface area (Å²) in [6, 6.07) is 2.60. The van der Waals surface area contributed by atoms with Crippen molar-refractivity contribution in [3.05, 3.63) is 28.8 Å². The van der Waals surface area contributed by atoms with E-state index in [1.807, 2.05) is 13.8 Å². The standard InChI is InChI=1S/C12H17NO3/c1-7-4-9(11(15)10(13)6-14)5-8(2)12(7)16-3/h4-5,10,14H,6,13H2,1-3H3. The number of ketones is 1. The van der Waals surface area contributed by atoms with Gasteiger partial charge in [-0.2, -0.15) is 0 Å². The Balaban J connectivity index is 3.13. The molecule has 1 atom stereocenters. The van der Waals surface area contributed by atoms with Crippen molar-refractivity contribution in [3.8, 4) is 5.75 Å². The van der Waals surface area contributed by atoms with Gasteiger partial charge in [-0.05, 0) is 37.1 Å². The van der Waals surface area contributed by atoms with E-state index in [0.717, 1.165) is 16.9 Å². The number of aliphatic hydroxyl groups is 1. The second kappa shape index (κ2) is 5.09. The van der Waals surface area contributed by atoms with Crippen LogP contribution in [0.4, 0.5) is 0 Å². The lowest BCUT2D eigenvalue weighted by atomic mass is 9.99. The first-order valence-electron chi connectivity index (χ1n) is 5.07. The second-order valence-electron chi connectivity index (χ2n) is 3.80. The fourth-order valence-corrected chi connectivity index (χ4v) is 1.71. The third-order valence-electron chi connectivity index (χ3n) is 2.48. The van der Waals surface area contributed by atoms with Gasteiger partial charge in [-0.25, -0.2) is 0 Å². The van der Waals surface area contributed by atoms with E-state index < -0.39 is 6.04 Å². The number of hydrogen-bond donors (Lipinski definition) is 2. The molecular weight excluding hydrogens is 206 g/mol. The molecule has 3 N–H and O–H groups in total. The van der Waals surface area contributed by atoms with Crippen molar-refractivity contribution in [2.75, 3.05) is 13.7 Å². The zero-order chi connectivity index (χ0) is 12.3. The minimum Gasteiger partial charge on any atom is -0.496 e. The number of ether oxygens (including phenoxy) is 1. The van der Waals surface area contributed by atoms with Gasteiger partial charge < -0.3 is 15.6 Å². The average molecular weight is 223 g/mol. The van der Waals surface area contributed by atoms with E-state index in [0.29, 0.717) is 5.56 Å². The molecule has 0 aliphatic rings. The molecular formula is C12H17NO3. The number of Topliss-reactive ketones (excluding diaryl/α,β-unsaturated/α-hetero) is 1. The SMILES string of the molecule is COc1c(C)cc(C(=O)C(N)CO)cc1C. The maximum atomic E-state index is 11.8. The maximum absolute atomic E-state index is 11.8. The van der Waals surface area contributed by atoms with Crippen LogP contribution in [0.25, 0.3) is 0 Å². The Hall–Kier alpha value is -1.39. The van der Waals surface area contributed by atoms with E-state index in [2.05, 4.69) is 0 Å². The Kier molecular flexibility index (Phi) is 4.04. The molecule has 0 saturated carbocycles. The molecule has 0 fully saturated rings. The number of carbonyl (C=O) groups is 1. The first-order valence-corrected chi connectivity index (χ1v) is 5.07. The topological polar surface area (TPSA) is 72.5 Å².